The van der Waals surface area contributed by atoms with Crippen LogP contribution in [0.3, 0.4) is 0 Å². The van der Waals surface area contributed by atoms with Gasteiger partial charge in [0.1, 0.15) is 5.75 Å². The van der Waals surface area contributed by atoms with E-state index in [0.29, 0.717) is 12.1 Å². The minimum Gasteiger partial charge on any atom is -0.497 e. The van der Waals surface area contributed by atoms with Crippen molar-refractivity contribution in [2.75, 3.05) is 12.9 Å². The Morgan fingerprint density at radius 2 is 1.90 bits per heavy atom. The molecular weight excluding hydrogens is 278 g/mol. The van der Waals surface area contributed by atoms with Crippen LogP contribution in [0.1, 0.15) is 35.7 Å². The fourth-order valence-electron chi connectivity index (χ4n) is 2.81. The fourth-order valence-corrected chi connectivity index (χ4v) is 3.92. The number of hydrogen-bond donors (Lipinski definition) is 1. The van der Waals surface area contributed by atoms with Gasteiger partial charge in [0, 0.05) is 23.6 Å². The molecule has 0 aromatic heterocycles. The summed E-state index contributed by atoms with van der Waals surface area (Å²) in [4.78, 5) is 0. The Kier molecular flexibility index (Phi) is 4.51. The van der Waals surface area contributed by atoms with Crippen LogP contribution in [0.25, 0.3) is 0 Å². The van der Waals surface area contributed by atoms with Gasteiger partial charge < -0.3 is 10.1 Å². The van der Waals surface area contributed by atoms with Crippen molar-refractivity contribution in [1.82, 2.24) is 5.32 Å². The van der Waals surface area contributed by atoms with Gasteiger partial charge in [0.2, 0.25) is 0 Å². The second kappa shape index (κ2) is 6.54. The fraction of sp³-hybridized carbons (Fsp3) is 0.333. The van der Waals surface area contributed by atoms with Gasteiger partial charge in [-0.25, -0.2) is 0 Å². The van der Waals surface area contributed by atoms with Crippen LogP contribution >= 0.6 is 11.8 Å². The van der Waals surface area contributed by atoms with Gasteiger partial charge in [0.25, 0.3) is 0 Å². The van der Waals surface area contributed by atoms with Gasteiger partial charge in [0.15, 0.2) is 0 Å². The largest absolute Gasteiger partial charge is 0.497 e. The lowest BCUT2D eigenvalue weighted by atomic mass is 10.00. The van der Waals surface area contributed by atoms with Gasteiger partial charge in [-0.15, -0.1) is 0 Å². The number of benzene rings is 2. The third-order valence-electron chi connectivity index (χ3n) is 4.04. The van der Waals surface area contributed by atoms with Gasteiger partial charge in [-0.1, -0.05) is 36.4 Å². The lowest BCUT2D eigenvalue weighted by Crippen LogP contribution is -2.29. The van der Waals surface area contributed by atoms with Crippen LogP contribution in [-0.4, -0.2) is 12.9 Å². The van der Waals surface area contributed by atoms with Crippen LogP contribution in [-0.2, 0) is 5.75 Å². The van der Waals surface area contributed by atoms with E-state index in [1.807, 2.05) is 23.9 Å². The summed E-state index contributed by atoms with van der Waals surface area (Å²) in [5.41, 5.74) is 4.22. The Morgan fingerprint density at radius 3 is 2.67 bits per heavy atom. The lowest BCUT2D eigenvalue weighted by Gasteiger charge is -2.29. The Labute approximate surface area is 130 Å². The molecular formula is C18H21NOS. The Balaban J connectivity index is 1.74. The summed E-state index contributed by atoms with van der Waals surface area (Å²) in [6, 6.07) is 17.9. The van der Waals surface area contributed by atoms with Crippen LogP contribution in [0.2, 0.25) is 0 Å². The molecule has 0 saturated heterocycles. The van der Waals surface area contributed by atoms with Crippen molar-refractivity contribution < 1.29 is 4.74 Å². The number of rotatable bonds is 4. The molecule has 1 heterocycles. The Morgan fingerprint density at radius 1 is 1.14 bits per heavy atom. The van der Waals surface area contributed by atoms with Gasteiger partial charge in [-0.2, -0.15) is 11.8 Å². The Bertz CT molecular complexity index is 596. The average Bonchev–Trinajstić information content (AvgIpc) is 2.55. The van der Waals surface area contributed by atoms with Crippen LogP contribution in [0.5, 0.6) is 5.75 Å². The van der Waals surface area contributed by atoms with Crippen molar-refractivity contribution in [1.29, 1.82) is 0 Å². The van der Waals surface area contributed by atoms with Crippen molar-refractivity contribution in [2.45, 2.75) is 24.8 Å². The van der Waals surface area contributed by atoms with Crippen LogP contribution in [0, 0.1) is 0 Å². The summed E-state index contributed by atoms with van der Waals surface area (Å²) in [5, 5.41) is 3.77. The smallest absolute Gasteiger partial charge is 0.118 e. The van der Waals surface area contributed by atoms with Crippen LogP contribution in [0.4, 0.5) is 0 Å². The highest BCUT2D eigenvalue weighted by atomic mass is 32.2. The summed E-state index contributed by atoms with van der Waals surface area (Å²) in [6.45, 7) is 2.23. The third kappa shape index (κ3) is 3.25. The molecule has 2 atom stereocenters. The van der Waals surface area contributed by atoms with Crippen molar-refractivity contribution in [3.63, 3.8) is 0 Å². The first-order valence-electron chi connectivity index (χ1n) is 7.33. The SMILES string of the molecule is COc1ccc(C(C)NC2CSCc3ccccc32)cc1. The number of methoxy groups -OCH3 is 1. The van der Waals surface area contributed by atoms with Crippen molar-refractivity contribution in [2.24, 2.45) is 0 Å². The van der Waals surface area contributed by atoms with Gasteiger partial charge in [-0.3, -0.25) is 0 Å². The number of ether oxygens (including phenoxy) is 1. The molecule has 2 unspecified atom stereocenters. The molecule has 0 amide bonds. The standard InChI is InChI=1S/C18H21NOS/c1-13(14-7-9-16(20-2)10-8-14)19-18-12-21-11-15-5-3-4-6-17(15)18/h3-10,13,18-19H,11-12H2,1-2H3. The lowest BCUT2D eigenvalue weighted by molar-refractivity contribution is 0.414. The van der Waals surface area contributed by atoms with Crippen molar-refractivity contribution in [3.05, 3.63) is 65.2 Å². The van der Waals surface area contributed by atoms with E-state index in [0.717, 1.165) is 17.3 Å². The minimum absolute atomic E-state index is 0.327. The molecule has 110 valence electrons. The second-order valence-corrected chi connectivity index (χ2v) is 6.46. The second-order valence-electron chi connectivity index (χ2n) is 5.43. The number of hydrogen-bond acceptors (Lipinski definition) is 3. The van der Waals surface area contributed by atoms with Crippen molar-refractivity contribution >= 4 is 11.8 Å². The van der Waals surface area contributed by atoms with E-state index in [4.69, 9.17) is 4.74 Å². The molecule has 0 aliphatic carbocycles. The van der Waals surface area contributed by atoms with E-state index in [-0.39, 0.29) is 0 Å². The predicted molar refractivity (Wildman–Crippen MR) is 89.9 cm³/mol. The van der Waals surface area contributed by atoms with E-state index < -0.39 is 0 Å². The molecule has 1 N–H and O–H groups in total. The number of thioether (sulfide) groups is 1. The molecule has 0 fully saturated rings. The highest BCUT2D eigenvalue weighted by Crippen LogP contribution is 2.33. The zero-order chi connectivity index (χ0) is 14.7. The van der Waals surface area contributed by atoms with Crippen molar-refractivity contribution in [3.8, 4) is 5.75 Å². The molecule has 2 nitrogen and oxygen atoms in total. The zero-order valence-corrected chi connectivity index (χ0v) is 13.3. The molecule has 2 aromatic carbocycles. The van der Waals surface area contributed by atoms with Gasteiger partial charge in [-0.05, 0) is 35.7 Å². The first kappa shape index (κ1) is 14.5. The zero-order valence-electron chi connectivity index (χ0n) is 12.5. The Hall–Kier alpha value is -1.45. The summed E-state index contributed by atoms with van der Waals surface area (Å²) < 4.78 is 5.22. The highest BCUT2D eigenvalue weighted by molar-refractivity contribution is 7.98. The summed E-state index contributed by atoms with van der Waals surface area (Å²) in [7, 11) is 1.70. The molecule has 0 bridgehead atoms. The highest BCUT2D eigenvalue weighted by Gasteiger charge is 2.21. The average molecular weight is 299 g/mol. The van der Waals surface area contributed by atoms with E-state index in [1.165, 1.54) is 16.7 Å². The topological polar surface area (TPSA) is 21.3 Å². The molecule has 0 saturated carbocycles. The molecule has 3 rings (SSSR count). The predicted octanol–water partition coefficient (Wildman–Crippen LogP) is 4.33. The monoisotopic (exact) mass is 299 g/mol. The summed E-state index contributed by atoms with van der Waals surface area (Å²) >= 11 is 2.01. The maximum absolute atomic E-state index is 5.22. The third-order valence-corrected chi connectivity index (χ3v) is 5.12. The molecule has 0 spiro atoms. The number of nitrogens with one attached hydrogen (secondary N) is 1. The maximum Gasteiger partial charge on any atom is 0.118 e. The maximum atomic E-state index is 5.22. The summed E-state index contributed by atoms with van der Waals surface area (Å²) in [5.74, 6) is 3.17. The van der Waals surface area contributed by atoms with Gasteiger partial charge >= 0.3 is 0 Å². The first-order valence-corrected chi connectivity index (χ1v) is 8.49. The van der Waals surface area contributed by atoms with E-state index in [1.54, 1.807) is 7.11 Å². The first-order chi connectivity index (χ1) is 10.3. The number of fused-ring (bicyclic) bond motifs is 1. The van der Waals surface area contributed by atoms with E-state index in [9.17, 15) is 0 Å². The molecule has 0 radical (unpaired) electrons. The van der Waals surface area contributed by atoms with Gasteiger partial charge in [0.05, 0.1) is 7.11 Å². The molecule has 1 aliphatic rings. The molecule has 21 heavy (non-hydrogen) atoms. The van der Waals surface area contributed by atoms with Crippen LogP contribution in [0.15, 0.2) is 48.5 Å². The molecule has 1 aliphatic heterocycles. The normalized spacial score (nSPS) is 18.9. The quantitative estimate of drug-likeness (QED) is 0.907. The van der Waals surface area contributed by atoms with E-state index in [2.05, 4.69) is 48.6 Å². The molecule has 3 heteroatoms. The minimum atomic E-state index is 0.327. The van der Waals surface area contributed by atoms with E-state index >= 15 is 0 Å². The summed E-state index contributed by atoms with van der Waals surface area (Å²) in [6.07, 6.45) is 0. The van der Waals surface area contributed by atoms with Crippen LogP contribution < -0.4 is 10.1 Å². The molecule has 2 aromatic rings.